The summed E-state index contributed by atoms with van der Waals surface area (Å²) >= 11 is 0. The van der Waals surface area contributed by atoms with Crippen molar-refractivity contribution in [1.29, 1.82) is 0 Å². The van der Waals surface area contributed by atoms with Gasteiger partial charge in [-0.2, -0.15) is 0 Å². The summed E-state index contributed by atoms with van der Waals surface area (Å²) in [5.74, 6) is -0.270. The Labute approximate surface area is 103 Å². The Morgan fingerprint density at radius 1 is 1.41 bits per heavy atom. The number of ether oxygens (including phenoxy) is 1. The van der Waals surface area contributed by atoms with Crippen LogP contribution in [0.25, 0.3) is 0 Å². The largest absolute Gasteiger partial charge is 0.459 e. The minimum absolute atomic E-state index is 0.0241. The van der Waals surface area contributed by atoms with Crippen molar-refractivity contribution in [2.75, 3.05) is 0 Å². The van der Waals surface area contributed by atoms with Crippen molar-refractivity contribution < 1.29 is 14.7 Å². The van der Waals surface area contributed by atoms with Gasteiger partial charge in [-0.1, -0.05) is 32.8 Å². The molecule has 0 rings (SSSR count). The molecule has 1 atom stereocenters. The van der Waals surface area contributed by atoms with Crippen LogP contribution in [0.1, 0.15) is 52.9 Å². The van der Waals surface area contributed by atoms with E-state index in [0.717, 1.165) is 12.8 Å². The molecule has 0 saturated heterocycles. The summed E-state index contributed by atoms with van der Waals surface area (Å²) < 4.78 is 5.15. The molecule has 0 heterocycles. The zero-order chi connectivity index (χ0) is 13.7. The minimum atomic E-state index is -0.270. The molecule has 0 aromatic heterocycles. The van der Waals surface area contributed by atoms with Crippen molar-refractivity contribution >= 4 is 5.97 Å². The molecular formula is C12H23NO4. The summed E-state index contributed by atoms with van der Waals surface area (Å²) in [4.78, 5) is 19.2. The second-order valence-corrected chi connectivity index (χ2v) is 3.93. The molecule has 0 radical (unpaired) electrons. The second-order valence-electron chi connectivity index (χ2n) is 3.93. The number of esters is 1. The first-order chi connectivity index (χ1) is 7.99. The van der Waals surface area contributed by atoms with Crippen molar-refractivity contribution in [3.05, 3.63) is 17.1 Å². The van der Waals surface area contributed by atoms with Gasteiger partial charge in [0.05, 0.1) is 6.10 Å². The third-order valence-electron chi connectivity index (χ3n) is 2.12. The summed E-state index contributed by atoms with van der Waals surface area (Å²) in [5.41, 5.74) is 0.477. The van der Waals surface area contributed by atoms with E-state index in [-0.39, 0.29) is 12.1 Å². The van der Waals surface area contributed by atoms with Crippen LogP contribution >= 0.6 is 0 Å². The van der Waals surface area contributed by atoms with E-state index in [9.17, 15) is 4.79 Å². The fraction of sp³-hybridized carbons (Fsp3) is 0.750. The fourth-order valence-electron chi connectivity index (χ4n) is 1.20. The molecule has 0 aliphatic rings. The van der Waals surface area contributed by atoms with Gasteiger partial charge in [0.2, 0.25) is 0 Å². The first kappa shape index (κ1) is 18.0. The predicted molar refractivity (Wildman–Crippen MR) is 66.7 cm³/mol. The molecule has 5 heteroatoms. The lowest BCUT2D eigenvalue weighted by atomic mass is 10.1. The fourth-order valence-corrected chi connectivity index (χ4v) is 1.20. The molecule has 0 aromatic rings. The average Bonchev–Trinajstić information content (AvgIpc) is 2.25. The molecule has 0 aliphatic carbocycles. The van der Waals surface area contributed by atoms with Crippen LogP contribution in [0.5, 0.6) is 0 Å². The number of hydrogen-bond donors (Lipinski definition) is 1. The van der Waals surface area contributed by atoms with Crippen LogP contribution in [0.3, 0.4) is 0 Å². The van der Waals surface area contributed by atoms with Gasteiger partial charge in [-0.25, -0.2) is 4.79 Å². The average molecular weight is 245 g/mol. The topological polar surface area (TPSA) is 76.0 Å². The number of rotatable bonds is 7. The smallest absolute Gasteiger partial charge is 0.333 e. The maximum absolute atomic E-state index is 11.1. The van der Waals surface area contributed by atoms with Gasteiger partial charge in [0.25, 0.3) is 0 Å². The van der Waals surface area contributed by atoms with Crippen molar-refractivity contribution in [3.8, 4) is 0 Å². The Kier molecular flexibility index (Phi) is 13.4. The quantitative estimate of drug-likeness (QED) is 0.244. The van der Waals surface area contributed by atoms with E-state index in [1.54, 1.807) is 6.92 Å². The van der Waals surface area contributed by atoms with E-state index >= 15 is 0 Å². The molecule has 1 unspecified atom stereocenters. The Bertz CT molecular complexity index is 229. The van der Waals surface area contributed by atoms with Gasteiger partial charge in [0.15, 0.2) is 5.34 Å². The molecule has 17 heavy (non-hydrogen) atoms. The van der Waals surface area contributed by atoms with Gasteiger partial charge in [0, 0.05) is 5.57 Å². The molecule has 0 fully saturated rings. The summed E-state index contributed by atoms with van der Waals surface area (Å²) in [6.07, 6.45) is 5.85. The molecule has 0 spiro atoms. The predicted octanol–water partition coefficient (Wildman–Crippen LogP) is 3.61. The van der Waals surface area contributed by atoms with E-state index in [2.05, 4.69) is 13.5 Å². The SMILES string of the molecule is C=C(C)C(=O)OC(C)CCCCCC.O=NO. The standard InChI is InChI=1S/C12H22O2.HNO2/c1-5-6-7-8-9-11(4)14-12(13)10(2)3;2-1-3/h11H,2,5-9H2,1,3-4H3;(H,2,3). The monoisotopic (exact) mass is 245 g/mol. The summed E-state index contributed by atoms with van der Waals surface area (Å²) in [6, 6.07) is 0. The van der Waals surface area contributed by atoms with E-state index in [4.69, 9.17) is 14.9 Å². The zero-order valence-corrected chi connectivity index (χ0v) is 10.9. The van der Waals surface area contributed by atoms with Crippen LogP contribution in [0.15, 0.2) is 17.5 Å². The number of nitrogens with zero attached hydrogens (tertiary/aromatic N) is 1. The lowest BCUT2D eigenvalue weighted by molar-refractivity contribution is -0.143. The Hall–Kier alpha value is -1.39. The normalized spacial score (nSPS) is 10.8. The summed E-state index contributed by atoms with van der Waals surface area (Å²) in [7, 11) is 0. The van der Waals surface area contributed by atoms with Gasteiger partial charge < -0.3 is 9.94 Å². The third kappa shape index (κ3) is 14.6. The van der Waals surface area contributed by atoms with Crippen LogP contribution in [-0.2, 0) is 9.53 Å². The van der Waals surface area contributed by atoms with Gasteiger partial charge in [-0.3, -0.25) is 0 Å². The van der Waals surface area contributed by atoms with Crippen molar-refractivity contribution in [2.45, 2.75) is 59.0 Å². The van der Waals surface area contributed by atoms with Crippen molar-refractivity contribution in [2.24, 2.45) is 5.34 Å². The van der Waals surface area contributed by atoms with E-state index in [1.807, 2.05) is 6.92 Å². The van der Waals surface area contributed by atoms with E-state index in [0.29, 0.717) is 5.57 Å². The molecule has 0 saturated carbocycles. The molecule has 100 valence electrons. The van der Waals surface area contributed by atoms with Crippen molar-refractivity contribution in [1.82, 2.24) is 0 Å². The van der Waals surface area contributed by atoms with Crippen LogP contribution < -0.4 is 0 Å². The van der Waals surface area contributed by atoms with Crippen LogP contribution in [-0.4, -0.2) is 17.3 Å². The molecule has 0 aliphatic heterocycles. The van der Waals surface area contributed by atoms with Gasteiger partial charge in [0.1, 0.15) is 0 Å². The highest BCUT2D eigenvalue weighted by Gasteiger charge is 2.08. The molecule has 0 amide bonds. The number of unbranched alkanes of at least 4 members (excludes halogenated alkanes) is 3. The Morgan fingerprint density at radius 2 is 1.94 bits per heavy atom. The number of carbonyl (C=O) groups is 1. The van der Waals surface area contributed by atoms with Gasteiger partial charge >= 0.3 is 5.97 Å². The Balaban J connectivity index is 0. The highest BCUT2D eigenvalue weighted by Crippen LogP contribution is 2.09. The van der Waals surface area contributed by atoms with E-state index < -0.39 is 0 Å². The Morgan fingerprint density at radius 3 is 2.35 bits per heavy atom. The molecule has 0 bridgehead atoms. The molecule has 0 aromatic carbocycles. The van der Waals surface area contributed by atoms with Crippen LogP contribution in [0.4, 0.5) is 0 Å². The number of carbonyl (C=O) groups excluding carboxylic acids is 1. The lowest BCUT2D eigenvalue weighted by Gasteiger charge is -2.12. The number of hydrogen-bond acceptors (Lipinski definition) is 4. The van der Waals surface area contributed by atoms with Crippen LogP contribution in [0.2, 0.25) is 0 Å². The maximum Gasteiger partial charge on any atom is 0.333 e. The molecular weight excluding hydrogens is 222 g/mol. The van der Waals surface area contributed by atoms with Gasteiger partial charge in [-0.15, -0.1) is 4.91 Å². The lowest BCUT2D eigenvalue weighted by Crippen LogP contribution is -2.15. The zero-order valence-electron chi connectivity index (χ0n) is 10.9. The first-order valence-corrected chi connectivity index (χ1v) is 5.82. The molecule has 5 nitrogen and oxygen atoms in total. The van der Waals surface area contributed by atoms with E-state index in [1.165, 1.54) is 24.6 Å². The maximum atomic E-state index is 11.1. The molecule has 1 N–H and O–H groups in total. The van der Waals surface area contributed by atoms with Gasteiger partial charge in [-0.05, 0) is 26.7 Å². The third-order valence-corrected chi connectivity index (χ3v) is 2.12. The highest BCUT2D eigenvalue weighted by molar-refractivity contribution is 5.87. The summed E-state index contributed by atoms with van der Waals surface area (Å²) in [5, 5.41) is 7.89. The summed E-state index contributed by atoms with van der Waals surface area (Å²) in [6.45, 7) is 9.34. The highest BCUT2D eigenvalue weighted by atomic mass is 16.6. The first-order valence-electron chi connectivity index (χ1n) is 5.82. The van der Waals surface area contributed by atoms with Crippen molar-refractivity contribution in [3.63, 3.8) is 0 Å². The second kappa shape index (κ2) is 12.7. The minimum Gasteiger partial charge on any atom is -0.459 e. The van der Waals surface area contributed by atoms with Crippen LogP contribution in [0, 0.1) is 4.91 Å².